The summed E-state index contributed by atoms with van der Waals surface area (Å²) in [6.45, 7) is 4.72. The van der Waals surface area contributed by atoms with Crippen molar-refractivity contribution in [2.45, 2.75) is 26.2 Å². The number of carbonyl (C=O) groups is 2. The van der Waals surface area contributed by atoms with Gasteiger partial charge in [0.1, 0.15) is 0 Å². The molecule has 1 aromatic heterocycles. The van der Waals surface area contributed by atoms with E-state index in [2.05, 4.69) is 0 Å². The van der Waals surface area contributed by atoms with Crippen molar-refractivity contribution in [3.05, 3.63) is 36.0 Å². The predicted octanol–water partition coefficient (Wildman–Crippen LogP) is 2.65. The normalized spacial score (nSPS) is 15.6. The van der Waals surface area contributed by atoms with Crippen LogP contribution in [-0.4, -0.2) is 52.4 Å². The summed E-state index contributed by atoms with van der Waals surface area (Å²) in [5, 5.41) is 0.994. The van der Waals surface area contributed by atoms with Crippen molar-refractivity contribution in [2.75, 3.05) is 26.2 Å². The van der Waals surface area contributed by atoms with E-state index in [1.165, 1.54) is 0 Å². The van der Waals surface area contributed by atoms with Crippen LogP contribution in [0.15, 0.2) is 30.5 Å². The smallest absolute Gasteiger partial charge is 0.256 e. The average Bonchev–Trinajstić information content (AvgIpc) is 2.77. The molecular formula is C19H25N3O2. The Balaban J connectivity index is 1.76. The second kappa shape index (κ2) is 7.07. The highest BCUT2D eigenvalue weighted by Gasteiger charge is 2.24. The third kappa shape index (κ3) is 3.16. The van der Waals surface area contributed by atoms with Gasteiger partial charge in [-0.05, 0) is 18.9 Å². The number of fused-ring (bicyclic) bond motifs is 1. The van der Waals surface area contributed by atoms with E-state index in [1.54, 1.807) is 0 Å². The van der Waals surface area contributed by atoms with Gasteiger partial charge in [0, 0.05) is 56.7 Å². The fourth-order valence-electron chi connectivity index (χ4n) is 3.42. The number of amides is 2. The van der Waals surface area contributed by atoms with Gasteiger partial charge in [-0.1, -0.05) is 25.1 Å². The van der Waals surface area contributed by atoms with Gasteiger partial charge in [-0.3, -0.25) is 9.59 Å². The predicted molar refractivity (Wildman–Crippen MR) is 94.9 cm³/mol. The molecule has 0 aliphatic carbocycles. The number of aryl methyl sites for hydroxylation is 1. The van der Waals surface area contributed by atoms with Crippen LogP contribution < -0.4 is 0 Å². The lowest BCUT2D eigenvalue weighted by molar-refractivity contribution is -0.131. The number of hydrogen-bond donors (Lipinski definition) is 0. The zero-order valence-electron chi connectivity index (χ0n) is 14.5. The summed E-state index contributed by atoms with van der Waals surface area (Å²) in [7, 11) is 1.96. The van der Waals surface area contributed by atoms with Crippen LogP contribution in [0, 0.1) is 0 Å². The highest BCUT2D eigenvalue weighted by molar-refractivity contribution is 6.07. The summed E-state index contributed by atoms with van der Waals surface area (Å²) in [6.07, 6.45) is 4.22. The van der Waals surface area contributed by atoms with Crippen molar-refractivity contribution in [2.24, 2.45) is 7.05 Å². The highest BCUT2D eigenvalue weighted by Crippen LogP contribution is 2.22. The summed E-state index contributed by atoms with van der Waals surface area (Å²) in [5.74, 6) is 0.272. The first-order chi connectivity index (χ1) is 11.6. The zero-order chi connectivity index (χ0) is 17.1. The molecule has 2 heterocycles. The number of hydrogen-bond acceptors (Lipinski definition) is 2. The molecule has 2 aromatic rings. The molecule has 128 valence electrons. The molecular weight excluding hydrogens is 302 g/mol. The Hall–Kier alpha value is -2.30. The van der Waals surface area contributed by atoms with Crippen LogP contribution in [0.25, 0.3) is 10.9 Å². The summed E-state index contributed by atoms with van der Waals surface area (Å²) in [4.78, 5) is 28.9. The Morgan fingerprint density at radius 1 is 1.04 bits per heavy atom. The molecule has 2 amide bonds. The second-order valence-corrected chi connectivity index (χ2v) is 6.45. The van der Waals surface area contributed by atoms with Crippen LogP contribution in [0.5, 0.6) is 0 Å². The maximum absolute atomic E-state index is 13.0. The van der Waals surface area contributed by atoms with E-state index < -0.39 is 0 Å². The fraction of sp³-hybridized carbons (Fsp3) is 0.474. The summed E-state index contributed by atoms with van der Waals surface area (Å²) in [6, 6.07) is 7.98. The average molecular weight is 327 g/mol. The molecule has 3 rings (SSSR count). The third-order valence-electron chi connectivity index (χ3n) is 4.73. The van der Waals surface area contributed by atoms with Crippen LogP contribution in [0.2, 0.25) is 0 Å². The number of nitrogens with zero attached hydrogens (tertiary/aromatic N) is 3. The van der Waals surface area contributed by atoms with E-state index in [1.807, 2.05) is 58.8 Å². The minimum Gasteiger partial charge on any atom is -0.350 e. The molecule has 1 fully saturated rings. The van der Waals surface area contributed by atoms with Gasteiger partial charge in [0.15, 0.2) is 0 Å². The van der Waals surface area contributed by atoms with E-state index in [4.69, 9.17) is 0 Å². The van der Waals surface area contributed by atoms with E-state index in [-0.39, 0.29) is 11.8 Å². The minimum atomic E-state index is 0.0663. The Bertz CT molecular complexity index is 750. The van der Waals surface area contributed by atoms with E-state index in [0.29, 0.717) is 26.1 Å². The lowest BCUT2D eigenvalue weighted by atomic mass is 10.1. The van der Waals surface area contributed by atoms with Gasteiger partial charge in [-0.25, -0.2) is 0 Å². The minimum absolute atomic E-state index is 0.0663. The van der Waals surface area contributed by atoms with Gasteiger partial charge < -0.3 is 14.4 Å². The fourth-order valence-corrected chi connectivity index (χ4v) is 3.42. The van der Waals surface area contributed by atoms with Crippen LogP contribution in [0.3, 0.4) is 0 Å². The topological polar surface area (TPSA) is 45.6 Å². The van der Waals surface area contributed by atoms with Gasteiger partial charge in [0.2, 0.25) is 5.91 Å². The Morgan fingerprint density at radius 3 is 2.54 bits per heavy atom. The molecule has 1 aliphatic rings. The molecule has 1 aromatic carbocycles. The maximum atomic E-state index is 13.0. The van der Waals surface area contributed by atoms with E-state index >= 15 is 0 Å². The Kier molecular flexibility index (Phi) is 4.88. The lowest BCUT2D eigenvalue weighted by Gasteiger charge is -2.22. The number of aromatic nitrogens is 1. The molecule has 0 unspecified atom stereocenters. The third-order valence-corrected chi connectivity index (χ3v) is 4.73. The number of carbonyl (C=O) groups excluding carboxylic acids is 2. The number of para-hydroxylation sites is 1. The first kappa shape index (κ1) is 16.6. The maximum Gasteiger partial charge on any atom is 0.256 e. The monoisotopic (exact) mass is 327 g/mol. The van der Waals surface area contributed by atoms with Crippen LogP contribution in [0.4, 0.5) is 0 Å². The van der Waals surface area contributed by atoms with Crippen molar-refractivity contribution in [3.8, 4) is 0 Å². The number of rotatable bonds is 3. The van der Waals surface area contributed by atoms with Crippen molar-refractivity contribution in [1.29, 1.82) is 0 Å². The van der Waals surface area contributed by atoms with Crippen molar-refractivity contribution in [3.63, 3.8) is 0 Å². The summed E-state index contributed by atoms with van der Waals surface area (Å²) >= 11 is 0. The van der Waals surface area contributed by atoms with Gasteiger partial charge in [-0.2, -0.15) is 0 Å². The molecule has 1 saturated heterocycles. The zero-order valence-corrected chi connectivity index (χ0v) is 14.5. The molecule has 24 heavy (non-hydrogen) atoms. The molecule has 5 nitrogen and oxygen atoms in total. The van der Waals surface area contributed by atoms with Crippen molar-refractivity contribution >= 4 is 22.7 Å². The SMILES string of the molecule is CCCC(=O)N1CCCN(C(=O)c2cn(C)c3ccccc23)CC1. The molecule has 0 saturated carbocycles. The Labute approximate surface area is 142 Å². The van der Waals surface area contributed by atoms with Crippen molar-refractivity contribution in [1.82, 2.24) is 14.4 Å². The van der Waals surface area contributed by atoms with E-state index in [9.17, 15) is 9.59 Å². The standard InChI is InChI=1S/C19H25N3O2/c1-3-7-18(23)21-10-6-11-22(13-12-21)19(24)16-14-20(2)17-9-5-4-8-15(16)17/h4-5,8-9,14H,3,6-7,10-13H2,1-2H3. The molecule has 5 heteroatoms. The Morgan fingerprint density at radius 2 is 1.75 bits per heavy atom. The molecule has 1 aliphatic heterocycles. The summed E-state index contributed by atoms with van der Waals surface area (Å²) < 4.78 is 2.00. The first-order valence-corrected chi connectivity index (χ1v) is 8.73. The molecule has 0 radical (unpaired) electrons. The van der Waals surface area contributed by atoms with Crippen LogP contribution >= 0.6 is 0 Å². The van der Waals surface area contributed by atoms with E-state index in [0.717, 1.165) is 35.9 Å². The summed E-state index contributed by atoms with van der Waals surface area (Å²) in [5.41, 5.74) is 1.82. The van der Waals surface area contributed by atoms with Gasteiger partial charge >= 0.3 is 0 Å². The second-order valence-electron chi connectivity index (χ2n) is 6.45. The van der Waals surface area contributed by atoms with Gasteiger partial charge in [0.25, 0.3) is 5.91 Å². The van der Waals surface area contributed by atoms with Crippen molar-refractivity contribution < 1.29 is 9.59 Å². The number of benzene rings is 1. The molecule has 0 N–H and O–H groups in total. The molecule has 0 spiro atoms. The highest BCUT2D eigenvalue weighted by atomic mass is 16.2. The quantitative estimate of drug-likeness (QED) is 0.870. The van der Waals surface area contributed by atoms with Crippen LogP contribution in [0.1, 0.15) is 36.5 Å². The van der Waals surface area contributed by atoms with Gasteiger partial charge in [-0.15, -0.1) is 0 Å². The molecule has 0 atom stereocenters. The molecule has 0 bridgehead atoms. The van der Waals surface area contributed by atoms with Crippen LogP contribution in [-0.2, 0) is 11.8 Å². The van der Waals surface area contributed by atoms with Gasteiger partial charge in [0.05, 0.1) is 5.56 Å². The lowest BCUT2D eigenvalue weighted by Crippen LogP contribution is -2.37. The first-order valence-electron chi connectivity index (χ1n) is 8.73. The largest absolute Gasteiger partial charge is 0.350 e.